The molecule has 4 heteroatoms. The van der Waals surface area contributed by atoms with Crippen LogP contribution in [0.25, 0.3) is 0 Å². The second kappa shape index (κ2) is 7.46. The van der Waals surface area contributed by atoms with E-state index in [0.717, 1.165) is 30.7 Å². The molecule has 0 aromatic heterocycles. The fourth-order valence-electron chi connectivity index (χ4n) is 2.62. The van der Waals surface area contributed by atoms with Gasteiger partial charge in [-0.3, -0.25) is 4.79 Å². The molecular formula is C17H26N2O2. The van der Waals surface area contributed by atoms with Crippen molar-refractivity contribution in [3.63, 3.8) is 0 Å². The summed E-state index contributed by atoms with van der Waals surface area (Å²) in [6.45, 7) is 5.67. The minimum Gasteiger partial charge on any atom is -0.496 e. The van der Waals surface area contributed by atoms with E-state index in [1.807, 2.05) is 29.2 Å². The molecule has 1 saturated carbocycles. The monoisotopic (exact) mass is 290 g/mol. The van der Waals surface area contributed by atoms with Gasteiger partial charge in [0.15, 0.2) is 0 Å². The van der Waals surface area contributed by atoms with Crippen LogP contribution in [0, 0.1) is 0 Å². The van der Waals surface area contributed by atoms with Gasteiger partial charge in [-0.05, 0) is 32.4 Å². The fourth-order valence-corrected chi connectivity index (χ4v) is 2.62. The summed E-state index contributed by atoms with van der Waals surface area (Å²) in [5.41, 5.74) is 1.08. The molecule has 0 aliphatic heterocycles. The summed E-state index contributed by atoms with van der Waals surface area (Å²) in [5.74, 6) is 1.09. The van der Waals surface area contributed by atoms with Gasteiger partial charge in [0, 0.05) is 30.6 Å². The van der Waals surface area contributed by atoms with Crippen LogP contribution in [0.1, 0.15) is 38.7 Å². The highest BCUT2D eigenvalue weighted by Crippen LogP contribution is 2.31. The Balaban J connectivity index is 2.03. The van der Waals surface area contributed by atoms with Crippen molar-refractivity contribution < 1.29 is 9.53 Å². The number of carbonyl (C=O) groups excluding carboxylic acids is 1. The summed E-state index contributed by atoms with van der Waals surface area (Å²) in [6, 6.07) is 8.58. The quantitative estimate of drug-likeness (QED) is 0.800. The van der Waals surface area contributed by atoms with Crippen LogP contribution in [-0.4, -0.2) is 36.5 Å². The molecule has 1 N–H and O–H groups in total. The van der Waals surface area contributed by atoms with E-state index in [1.54, 1.807) is 7.11 Å². The number of carbonyl (C=O) groups is 1. The normalized spacial score (nSPS) is 15.6. The number of benzene rings is 1. The van der Waals surface area contributed by atoms with Crippen LogP contribution in [0.5, 0.6) is 5.75 Å². The molecule has 1 aromatic carbocycles. The van der Waals surface area contributed by atoms with E-state index in [2.05, 4.69) is 19.2 Å². The topological polar surface area (TPSA) is 41.6 Å². The number of amides is 1. The maximum Gasteiger partial charge on any atom is 0.224 e. The molecule has 4 nitrogen and oxygen atoms in total. The lowest BCUT2D eigenvalue weighted by Crippen LogP contribution is -2.38. The van der Waals surface area contributed by atoms with E-state index < -0.39 is 0 Å². The van der Waals surface area contributed by atoms with Gasteiger partial charge in [0.05, 0.1) is 7.11 Å². The van der Waals surface area contributed by atoms with E-state index in [1.165, 1.54) is 0 Å². The first kappa shape index (κ1) is 15.8. The molecule has 1 atom stereocenters. The lowest BCUT2D eigenvalue weighted by atomic mass is 10.1. The molecule has 116 valence electrons. The Morgan fingerprint density at radius 3 is 2.76 bits per heavy atom. The molecule has 1 fully saturated rings. The molecule has 0 radical (unpaired) electrons. The molecule has 1 aromatic rings. The van der Waals surface area contributed by atoms with Gasteiger partial charge >= 0.3 is 0 Å². The Morgan fingerprint density at radius 2 is 2.14 bits per heavy atom. The lowest BCUT2D eigenvalue weighted by Gasteiger charge is -2.25. The second-order valence-corrected chi connectivity index (χ2v) is 5.73. The first-order chi connectivity index (χ1) is 10.2. The molecule has 0 spiro atoms. The molecule has 1 aliphatic rings. The Hall–Kier alpha value is -1.55. The maximum absolute atomic E-state index is 12.6. The predicted molar refractivity (Wildman–Crippen MR) is 84.3 cm³/mol. The number of hydrogen-bond acceptors (Lipinski definition) is 3. The van der Waals surface area contributed by atoms with Gasteiger partial charge in [-0.1, -0.05) is 25.1 Å². The predicted octanol–water partition coefficient (Wildman–Crippen LogP) is 2.57. The number of para-hydroxylation sites is 1. The van der Waals surface area contributed by atoms with E-state index in [-0.39, 0.29) is 11.9 Å². The highest BCUT2D eigenvalue weighted by molar-refractivity contribution is 5.77. The number of rotatable bonds is 8. The SMILES string of the molecule is CCNC(C)CC(=O)N(Cc1ccccc1OC)C1CC1. The van der Waals surface area contributed by atoms with Crippen LogP contribution in [-0.2, 0) is 11.3 Å². The van der Waals surface area contributed by atoms with Gasteiger partial charge < -0.3 is 15.0 Å². The smallest absolute Gasteiger partial charge is 0.224 e. The number of ether oxygens (including phenoxy) is 1. The molecular weight excluding hydrogens is 264 g/mol. The summed E-state index contributed by atoms with van der Waals surface area (Å²) in [6.07, 6.45) is 2.80. The van der Waals surface area contributed by atoms with Gasteiger partial charge in [0.1, 0.15) is 5.75 Å². The van der Waals surface area contributed by atoms with Crippen molar-refractivity contribution in [2.24, 2.45) is 0 Å². The van der Waals surface area contributed by atoms with Crippen molar-refractivity contribution in [2.75, 3.05) is 13.7 Å². The molecule has 2 rings (SSSR count). The third kappa shape index (κ3) is 4.46. The zero-order valence-corrected chi connectivity index (χ0v) is 13.3. The molecule has 0 saturated heterocycles. The summed E-state index contributed by atoms with van der Waals surface area (Å²) in [5, 5.41) is 3.30. The van der Waals surface area contributed by atoms with Gasteiger partial charge in [-0.25, -0.2) is 0 Å². The number of hydrogen-bond donors (Lipinski definition) is 1. The highest BCUT2D eigenvalue weighted by atomic mass is 16.5. The minimum atomic E-state index is 0.224. The van der Waals surface area contributed by atoms with Crippen LogP contribution < -0.4 is 10.1 Å². The highest BCUT2D eigenvalue weighted by Gasteiger charge is 2.33. The number of methoxy groups -OCH3 is 1. The third-order valence-electron chi connectivity index (χ3n) is 3.87. The van der Waals surface area contributed by atoms with Crippen molar-refractivity contribution in [1.82, 2.24) is 10.2 Å². The van der Waals surface area contributed by atoms with Gasteiger partial charge in [0.25, 0.3) is 0 Å². The maximum atomic E-state index is 12.6. The summed E-state index contributed by atoms with van der Waals surface area (Å²) < 4.78 is 5.40. The van der Waals surface area contributed by atoms with Crippen molar-refractivity contribution in [2.45, 2.75) is 51.7 Å². The van der Waals surface area contributed by atoms with E-state index in [4.69, 9.17) is 4.74 Å². The van der Waals surface area contributed by atoms with Crippen LogP contribution in [0.4, 0.5) is 0 Å². The van der Waals surface area contributed by atoms with E-state index >= 15 is 0 Å². The summed E-state index contributed by atoms with van der Waals surface area (Å²) in [7, 11) is 1.68. The molecule has 1 amide bonds. The van der Waals surface area contributed by atoms with Gasteiger partial charge in [-0.15, -0.1) is 0 Å². The first-order valence-corrected chi connectivity index (χ1v) is 7.80. The van der Waals surface area contributed by atoms with Crippen molar-refractivity contribution >= 4 is 5.91 Å². The molecule has 1 aliphatic carbocycles. The second-order valence-electron chi connectivity index (χ2n) is 5.73. The fraction of sp³-hybridized carbons (Fsp3) is 0.588. The largest absolute Gasteiger partial charge is 0.496 e. The summed E-state index contributed by atoms with van der Waals surface area (Å²) in [4.78, 5) is 14.6. The molecule has 21 heavy (non-hydrogen) atoms. The Bertz CT molecular complexity index is 472. The Labute approximate surface area is 127 Å². The van der Waals surface area contributed by atoms with Crippen LogP contribution in [0.2, 0.25) is 0 Å². The summed E-state index contributed by atoms with van der Waals surface area (Å²) >= 11 is 0. The van der Waals surface area contributed by atoms with E-state index in [9.17, 15) is 4.79 Å². The molecule has 0 heterocycles. The standard InChI is InChI=1S/C17H26N2O2/c1-4-18-13(2)11-17(20)19(15-9-10-15)12-14-7-5-6-8-16(14)21-3/h5-8,13,15,18H,4,9-12H2,1-3H3. The molecule has 0 bridgehead atoms. The Kier molecular flexibility index (Phi) is 5.62. The number of nitrogens with one attached hydrogen (secondary N) is 1. The van der Waals surface area contributed by atoms with Crippen LogP contribution >= 0.6 is 0 Å². The van der Waals surface area contributed by atoms with Crippen LogP contribution in [0.15, 0.2) is 24.3 Å². The average molecular weight is 290 g/mol. The third-order valence-corrected chi connectivity index (χ3v) is 3.87. The Morgan fingerprint density at radius 1 is 1.43 bits per heavy atom. The van der Waals surface area contributed by atoms with Crippen molar-refractivity contribution in [1.29, 1.82) is 0 Å². The van der Waals surface area contributed by atoms with Crippen molar-refractivity contribution in [3.8, 4) is 5.75 Å². The lowest BCUT2D eigenvalue weighted by molar-refractivity contribution is -0.132. The minimum absolute atomic E-state index is 0.224. The van der Waals surface area contributed by atoms with Gasteiger partial charge in [0.2, 0.25) is 5.91 Å². The zero-order valence-electron chi connectivity index (χ0n) is 13.3. The average Bonchev–Trinajstić information content (AvgIpc) is 3.29. The van der Waals surface area contributed by atoms with Crippen LogP contribution in [0.3, 0.4) is 0 Å². The first-order valence-electron chi connectivity index (χ1n) is 7.80. The van der Waals surface area contributed by atoms with E-state index in [0.29, 0.717) is 19.0 Å². The van der Waals surface area contributed by atoms with Crippen molar-refractivity contribution in [3.05, 3.63) is 29.8 Å². The number of nitrogens with zero attached hydrogens (tertiary/aromatic N) is 1. The molecule has 1 unspecified atom stereocenters. The van der Waals surface area contributed by atoms with Gasteiger partial charge in [-0.2, -0.15) is 0 Å². The zero-order chi connectivity index (χ0) is 15.2.